The number of carbonyl (C=O) groups excluding carboxylic acids is 2. The predicted molar refractivity (Wildman–Crippen MR) is 81.9 cm³/mol. The number of piperazine rings is 1. The third-order valence-electron chi connectivity index (χ3n) is 4.23. The number of nitrogens with one attached hydrogen (secondary N) is 1. The minimum atomic E-state index is 0.0388. The van der Waals surface area contributed by atoms with E-state index in [0.29, 0.717) is 32.7 Å². The molecule has 0 aromatic carbocycles. The first-order valence-electron chi connectivity index (χ1n) is 8.07. The van der Waals surface area contributed by atoms with Crippen molar-refractivity contribution < 1.29 is 9.59 Å². The Morgan fingerprint density at radius 3 is 2.29 bits per heavy atom. The highest BCUT2D eigenvalue weighted by Gasteiger charge is 2.26. The molecular weight excluding hydrogens is 268 g/mol. The van der Waals surface area contributed by atoms with Gasteiger partial charge in [0.25, 0.3) is 0 Å². The smallest absolute Gasteiger partial charge is 0.236 e. The first-order chi connectivity index (χ1) is 10.1. The molecule has 0 radical (unpaired) electrons. The summed E-state index contributed by atoms with van der Waals surface area (Å²) in [4.78, 5) is 30.3. The largest absolute Gasteiger partial charge is 0.339 e. The van der Waals surface area contributed by atoms with Gasteiger partial charge in [-0.15, -0.1) is 0 Å². The lowest BCUT2D eigenvalue weighted by molar-refractivity contribution is -0.141. The second-order valence-electron chi connectivity index (χ2n) is 6.24. The van der Waals surface area contributed by atoms with Crippen molar-refractivity contribution in [2.24, 2.45) is 5.92 Å². The second kappa shape index (κ2) is 7.75. The molecule has 2 aliphatic heterocycles. The molecule has 0 aromatic heterocycles. The van der Waals surface area contributed by atoms with Gasteiger partial charge in [0.15, 0.2) is 0 Å². The topological polar surface area (TPSA) is 55.9 Å². The fourth-order valence-corrected chi connectivity index (χ4v) is 2.89. The van der Waals surface area contributed by atoms with Gasteiger partial charge in [0.1, 0.15) is 0 Å². The molecule has 2 aliphatic rings. The van der Waals surface area contributed by atoms with Gasteiger partial charge >= 0.3 is 0 Å². The molecule has 2 rings (SSSR count). The third-order valence-corrected chi connectivity index (χ3v) is 4.23. The summed E-state index contributed by atoms with van der Waals surface area (Å²) >= 11 is 0. The highest BCUT2D eigenvalue weighted by Crippen LogP contribution is 2.08. The Morgan fingerprint density at radius 1 is 0.952 bits per heavy atom. The van der Waals surface area contributed by atoms with E-state index in [9.17, 15) is 9.59 Å². The van der Waals surface area contributed by atoms with Crippen molar-refractivity contribution in [2.75, 3.05) is 58.9 Å². The number of nitrogens with zero attached hydrogens (tertiary/aromatic N) is 3. The lowest BCUT2D eigenvalue weighted by Gasteiger charge is -2.36. The summed E-state index contributed by atoms with van der Waals surface area (Å²) in [7, 11) is 0. The standard InChI is InChI=1S/C15H28N4O2/c1-13(2)15(21)19-10-8-18(9-11-19)14(20)12-17-6-3-4-16-5-7-17/h13,16H,3-12H2,1-2H3. The Labute approximate surface area is 127 Å². The molecule has 1 N–H and O–H groups in total. The van der Waals surface area contributed by atoms with E-state index in [1.807, 2.05) is 23.6 Å². The van der Waals surface area contributed by atoms with E-state index in [-0.39, 0.29) is 17.7 Å². The van der Waals surface area contributed by atoms with E-state index in [1.54, 1.807) is 0 Å². The molecule has 0 saturated carbocycles. The minimum Gasteiger partial charge on any atom is -0.339 e. The van der Waals surface area contributed by atoms with Gasteiger partial charge in [-0.1, -0.05) is 13.8 Å². The molecule has 120 valence electrons. The summed E-state index contributed by atoms with van der Waals surface area (Å²) in [6, 6.07) is 0. The second-order valence-corrected chi connectivity index (χ2v) is 6.24. The van der Waals surface area contributed by atoms with Crippen molar-refractivity contribution in [3.63, 3.8) is 0 Å². The molecule has 0 bridgehead atoms. The van der Waals surface area contributed by atoms with Crippen LogP contribution in [0.15, 0.2) is 0 Å². The Hall–Kier alpha value is -1.14. The average molecular weight is 296 g/mol. The van der Waals surface area contributed by atoms with Gasteiger partial charge in [-0.2, -0.15) is 0 Å². The average Bonchev–Trinajstić information content (AvgIpc) is 2.75. The van der Waals surface area contributed by atoms with Gasteiger partial charge in [0, 0.05) is 45.2 Å². The van der Waals surface area contributed by atoms with E-state index in [1.165, 1.54) is 0 Å². The zero-order valence-electron chi connectivity index (χ0n) is 13.3. The van der Waals surface area contributed by atoms with Gasteiger partial charge in [0.2, 0.25) is 11.8 Å². The highest BCUT2D eigenvalue weighted by molar-refractivity contribution is 5.80. The van der Waals surface area contributed by atoms with Crippen molar-refractivity contribution >= 4 is 11.8 Å². The van der Waals surface area contributed by atoms with Gasteiger partial charge in [0.05, 0.1) is 6.54 Å². The van der Waals surface area contributed by atoms with Crippen LogP contribution in [0.25, 0.3) is 0 Å². The normalized spacial score (nSPS) is 21.5. The third kappa shape index (κ3) is 4.68. The number of rotatable bonds is 3. The molecule has 6 nitrogen and oxygen atoms in total. The predicted octanol–water partition coefficient (Wildman–Crippen LogP) is -0.391. The maximum absolute atomic E-state index is 12.3. The van der Waals surface area contributed by atoms with Crippen LogP contribution >= 0.6 is 0 Å². The molecule has 2 fully saturated rings. The summed E-state index contributed by atoms with van der Waals surface area (Å²) < 4.78 is 0. The molecule has 2 saturated heterocycles. The zero-order chi connectivity index (χ0) is 15.2. The van der Waals surface area contributed by atoms with Crippen LogP contribution in [0.1, 0.15) is 20.3 Å². The zero-order valence-corrected chi connectivity index (χ0v) is 13.3. The first-order valence-corrected chi connectivity index (χ1v) is 8.07. The molecule has 2 heterocycles. The minimum absolute atomic E-state index is 0.0388. The van der Waals surface area contributed by atoms with Crippen LogP contribution in [-0.4, -0.2) is 85.4 Å². The van der Waals surface area contributed by atoms with Crippen LogP contribution in [0.5, 0.6) is 0 Å². The fraction of sp³-hybridized carbons (Fsp3) is 0.867. The van der Waals surface area contributed by atoms with Crippen molar-refractivity contribution in [3.05, 3.63) is 0 Å². The van der Waals surface area contributed by atoms with Crippen LogP contribution < -0.4 is 5.32 Å². The van der Waals surface area contributed by atoms with Crippen molar-refractivity contribution in [1.82, 2.24) is 20.0 Å². The van der Waals surface area contributed by atoms with Gasteiger partial charge in [-0.05, 0) is 19.5 Å². The van der Waals surface area contributed by atoms with Crippen LogP contribution in [0, 0.1) is 5.92 Å². The molecule has 0 aliphatic carbocycles. The number of carbonyl (C=O) groups is 2. The molecule has 0 unspecified atom stereocenters. The summed E-state index contributed by atoms with van der Waals surface area (Å²) in [6.45, 7) is 11.0. The number of hydrogen-bond acceptors (Lipinski definition) is 4. The Kier molecular flexibility index (Phi) is 5.99. The summed E-state index contributed by atoms with van der Waals surface area (Å²) in [5.74, 6) is 0.436. The lowest BCUT2D eigenvalue weighted by Crippen LogP contribution is -2.53. The van der Waals surface area contributed by atoms with E-state index in [0.717, 1.165) is 32.6 Å². The molecule has 21 heavy (non-hydrogen) atoms. The van der Waals surface area contributed by atoms with Gasteiger partial charge in [-0.3, -0.25) is 14.5 Å². The number of hydrogen-bond donors (Lipinski definition) is 1. The summed E-state index contributed by atoms with van der Waals surface area (Å²) in [5.41, 5.74) is 0. The molecule has 2 amide bonds. The maximum Gasteiger partial charge on any atom is 0.236 e. The molecule has 0 aromatic rings. The van der Waals surface area contributed by atoms with Crippen LogP contribution in [0.2, 0.25) is 0 Å². The number of amides is 2. The van der Waals surface area contributed by atoms with Crippen molar-refractivity contribution in [2.45, 2.75) is 20.3 Å². The highest BCUT2D eigenvalue weighted by atomic mass is 16.2. The van der Waals surface area contributed by atoms with Crippen LogP contribution in [0.4, 0.5) is 0 Å². The summed E-state index contributed by atoms with van der Waals surface area (Å²) in [6.07, 6.45) is 1.10. The monoisotopic (exact) mass is 296 g/mol. The van der Waals surface area contributed by atoms with E-state index < -0.39 is 0 Å². The van der Waals surface area contributed by atoms with Crippen molar-refractivity contribution in [1.29, 1.82) is 0 Å². The molecule has 0 spiro atoms. The van der Waals surface area contributed by atoms with Crippen LogP contribution in [-0.2, 0) is 9.59 Å². The van der Waals surface area contributed by atoms with Gasteiger partial charge < -0.3 is 15.1 Å². The lowest BCUT2D eigenvalue weighted by atomic mass is 10.1. The van der Waals surface area contributed by atoms with E-state index in [4.69, 9.17) is 0 Å². The molecule has 6 heteroatoms. The Bertz CT molecular complexity index is 357. The quantitative estimate of drug-likeness (QED) is 0.770. The maximum atomic E-state index is 12.3. The Morgan fingerprint density at radius 2 is 1.62 bits per heavy atom. The molecule has 0 atom stereocenters. The molecular formula is C15H28N4O2. The summed E-state index contributed by atoms with van der Waals surface area (Å²) in [5, 5.41) is 3.35. The Balaban J connectivity index is 1.76. The van der Waals surface area contributed by atoms with Crippen molar-refractivity contribution in [3.8, 4) is 0 Å². The fourth-order valence-electron chi connectivity index (χ4n) is 2.89. The van der Waals surface area contributed by atoms with E-state index >= 15 is 0 Å². The first kappa shape index (κ1) is 16.2. The van der Waals surface area contributed by atoms with Gasteiger partial charge in [-0.25, -0.2) is 0 Å². The SMILES string of the molecule is CC(C)C(=O)N1CCN(C(=O)CN2CCCNCC2)CC1. The van der Waals surface area contributed by atoms with Crippen LogP contribution in [0.3, 0.4) is 0 Å². The van der Waals surface area contributed by atoms with E-state index in [2.05, 4.69) is 10.2 Å².